The Bertz CT molecular complexity index is 1060. The van der Waals surface area contributed by atoms with Crippen molar-refractivity contribution in [1.82, 2.24) is 9.80 Å². The number of nitro benzene ring substituents is 1. The van der Waals surface area contributed by atoms with Crippen molar-refractivity contribution in [2.45, 2.75) is 32.4 Å². The number of likely N-dealkylation sites (tertiary alicyclic amines) is 1. The van der Waals surface area contributed by atoms with Crippen molar-refractivity contribution in [3.05, 3.63) is 75.3 Å². The highest BCUT2D eigenvalue weighted by atomic mass is 16.6. The molecule has 2 N–H and O–H groups in total. The number of nitro groups is 1. The molecule has 180 valence electrons. The van der Waals surface area contributed by atoms with Crippen molar-refractivity contribution < 1.29 is 29.5 Å². The number of benzene rings is 2. The molecule has 2 heterocycles. The first kappa shape index (κ1) is 24.8. The number of nitrogens with zero attached hydrogens (tertiary/aromatic N) is 3. The summed E-state index contributed by atoms with van der Waals surface area (Å²) in [7, 11) is 0. The largest absolute Gasteiger partial charge is 0.473 e. The highest BCUT2D eigenvalue weighted by Crippen LogP contribution is 2.25. The number of non-ortho nitro benzene ring substituents is 1. The van der Waals surface area contributed by atoms with Gasteiger partial charge in [0, 0.05) is 38.3 Å². The van der Waals surface area contributed by atoms with Crippen LogP contribution in [0.2, 0.25) is 0 Å². The van der Waals surface area contributed by atoms with E-state index in [0.29, 0.717) is 13.1 Å². The number of fused-ring (bicyclic) bond motifs is 1. The number of rotatable bonds is 4. The van der Waals surface area contributed by atoms with Crippen LogP contribution < -0.4 is 0 Å². The molecule has 0 aliphatic carbocycles. The Morgan fingerprint density at radius 3 is 2.38 bits per heavy atom. The van der Waals surface area contributed by atoms with Crippen LogP contribution in [0.1, 0.15) is 29.5 Å². The SMILES string of the molecule is O=C(C1CCCN(Cc2cccc([N+](=O)[O-])c2)C1)N1CCc2ccccc2C1.O=C(O)C(=O)O. The van der Waals surface area contributed by atoms with E-state index in [9.17, 15) is 14.9 Å². The molecule has 0 spiro atoms. The van der Waals surface area contributed by atoms with E-state index in [4.69, 9.17) is 19.8 Å². The number of carboxylic acids is 2. The summed E-state index contributed by atoms with van der Waals surface area (Å²) in [6.07, 6.45) is 2.82. The third-order valence-corrected chi connectivity index (χ3v) is 6.01. The quantitative estimate of drug-likeness (QED) is 0.395. The van der Waals surface area contributed by atoms with Crippen molar-refractivity contribution in [3.8, 4) is 0 Å². The summed E-state index contributed by atoms with van der Waals surface area (Å²) >= 11 is 0. The van der Waals surface area contributed by atoms with Gasteiger partial charge in [0.1, 0.15) is 0 Å². The molecule has 10 nitrogen and oxygen atoms in total. The fourth-order valence-electron chi connectivity index (χ4n) is 4.37. The van der Waals surface area contributed by atoms with Crippen molar-refractivity contribution in [2.24, 2.45) is 5.92 Å². The molecule has 2 aromatic rings. The second-order valence-electron chi connectivity index (χ2n) is 8.39. The summed E-state index contributed by atoms with van der Waals surface area (Å²) in [5.74, 6) is -3.39. The van der Waals surface area contributed by atoms with Crippen molar-refractivity contribution >= 4 is 23.5 Å². The number of hydrogen-bond donors (Lipinski definition) is 2. The number of carboxylic acid groups (broad SMARTS) is 2. The lowest BCUT2D eigenvalue weighted by Crippen LogP contribution is -2.46. The van der Waals surface area contributed by atoms with E-state index in [-0.39, 0.29) is 22.4 Å². The summed E-state index contributed by atoms with van der Waals surface area (Å²) in [5.41, 5.74) is 3.65. The summed E-state index contributed by atoms with van der Waals surface area (Å²) in [4.78, 5) is 46.2. The molecule has 0 radical (unpaired) electrons. The minimum absolute atomic E-state index is 0.0118. The maximum Gasteiger partial charge on any atom is 0.414 e. The zero-order valence-corrected chi connectivity index (χ0v) is 18.6. The van der Waals surface area contributed by atoms with Gasteiger partial charge in [0.15, 0.2) is 0 Å². The third kappa shape index (κ3) is 6.61. The van der Waals surface area contributed by atoms with Crippen LogP contribution in [-0.2, 0) is 33.9 Å². The van der Waals surface area contributed by atoms with Gasteiger partial charge < -0.3 is 15.1 Å². The predicted octanol–water partition coefficient (Wildman–Crippen LogP) is 2.55. The Morgan fingerprint density at radius 2 is 1.71 bits per heavy atom. The predicted molar refractivity (Wildman–Crippen MR) is 122 cm³/mol. The molecule has 2 aliphatic heterocycles. The molecular weight excluding hydrogens is 442 g/mol. The van der Waals surface area contributed by atoms with Gasteiger partial charge in [-0.25, -0.2) is 9.59 Å². The van der Waals surface area contributed by atoms with Gasteiger partial charge in [-0.1, -0.05) is 36.4 Å². The molecule has 4 rings (SSSR count). The molecule has 0 aromatic heterocycles. The first-order valence-corrected chi connectivity index (χ1v) is 11.0. The van der Waals surface area contributed by atoms with E-state index in [1.807, 2.05) is 17.0 Å². The van der Waals surface area contributed by atoms with Gasteiger partial charge in [-0.3, -0.25) is 19.8 Å². The number of carbonyl (C=O) groups excluding carboxylic acids is 1. The second kappa shape index (κ2) is 11.4. The Balaban J connectivity index is 0.000000481. The van der Waals surface area contributed by atoms with Gasteiger partial charge in [-0.15, -0.1) is 0 Å². The van der Waals surface area contributed by atoms with Crippen LogP contribution in [0, 0.1) is 16.0 Å². The zero-order valence-electron chi connectivity index (χ0n) is 18.6. The fourth-order valence-corrected chi connectivity index (χ4v) is 4.37. The van der Waals surface area contributed by atoms with Gasteiger partial charge in [-0.2, -0.15) is 0 Å². The molecule has 2 aromatic carbocycles. The Kier molecular flexibility index (Phi) is 8.31. The monoisotopic (exact) mass is 469 g/mol. The average molecular weight is 469 g/mol. The molecule has 2 aliphatic rings. The van der Waals surface area contributed by atoms with Crippen LogP contribution in [0.25, 0.3) is 0 Å². The van der Waals surface area contributed by atoms with Gasteiger partial charge >= 0.3 is 11.9 Å². The van der Waals surface area contributed by atoms with Crippen LogP contribution in [0.4, 0.5) is 5.69 Å². The minimum Gasteiger partial charge on any atom is -0.473 e. The van der Waals surface area contributed by atoms with E-state index < -0.39 is 11.9 Å². The van der Waals surface area contributed by atoms with E-state index >= 15 is 0 Å². The first-order valence-electron chi connectivity index (χ1n) is 11.0. The van der Waals surface area contributed by atoms with E-state index in [1.54, 1.807) is 12.1 Å². The lowest BCUT2D eigenvalue weighted by atomic mass is 9.93. The summed E-state index contributed by atoms with van der Waals surface area (Å²) in [6.45, 7) is 3.79. The van der Waals surface area contributed by atoms with E-state index in [1.165, 1.54) is 17.2 Å². The van der Waals surface area contributed by atoms with Crippen LogP contribution in [0.3, 0.4) is 0 Å². The number of piperidine rings is 1. The Hall–Kier alpha value is -3.79. The molecule has 1 amide bonds. The number of carbonyl (C=O) groups is 3. The van der Waals surface area contributed by atoms with E-state index in [0.717, 1.165) is 44.5 Å². The smallest absolute Gasteiger partial charge is 0.414 e. The van der Waals surface area contributed by atoms with Gasteiger partial charge in [0.25, 0.3) is 5.69 Å². The zero-order chi connectivity index (χ0) is 24.7. The highest BCUT2D eigenvalue weighted by molar-refractivity contribution is 6.27. The fraction of sp³-hybridized carbons (Fsp3) is 0.375. The third-order valence-electron chi connectivity index (χ3n) is 6.01. The molecule has 1 unspecified atom stereocenters. The topological polar surface area (TPSA) is 141 Å². The summed E-state index contributed by atoms with van der Waals surface area (Å²) in [6, 6.07) is 15.2. The normalized spacial score (nSPS) is 17.6. The molecule has 10 heteroatoms. The molecule has 1 saturated heterocycles. The molecule has 0 saturated carbocycles. The maximum absolute atomic E-state index is 13.1. The molecule has 0 bridgehead atoms. The first-order chi connectivity index (χ1) is 16.2. The van der Waals surface area contributed by atoms with Gasteiger partial charge in [-0.05, 0) is 42.5 Å². The van der Waals surface area contributed by atoms with Gasteiger partial charge in [0.05, 0.1) is 10.8 Å². The maximum atomic E-state index is 13.1. The molecular formula is C24H27N3O7. The Labute approximate surface area is 196 Å². The second-order valence-corrected chi connectivity index (χ2v) is 8.39. The molecule has 1 atom stereocenters. The van der Waals surface area contributed by atoms with Crippen molar-refractivity contribution in [3.63, 3.8) is 0 Å². The Morgan fingerprint density at radius 1 is 1.00 bits per heavy atom. The summed E-state index contributed by atoms with van der Waals surface area (Å²) < 4.78 is 0. The minimum atomic E-state index is -1.82. The average Bonchev–Trinajstić information content (AvgIpc) is 2.84. The lowest BCUT2D eigenvalue weighted by molar-refractivity contribution is -0.384. The van der Waals surface area contributed by atoms with Crippen LogP contribution in [-0.4, -0.2) is 62.4 Å². The summed E-state index contributed by atoms with van der Waals surface area (Å²) in [5, 5.41) is 25.8. The van der Waals surface area contributed by atoms with Gasteiger partial charge in [0.2, 0.25) is 5.91 Å². The number of hydrogen-bond acceptors (Lipinski definition) is 6. The molecule has 1 fully saturated rings. The highest BCUT2D eigenvalue weighted by Gasteiger charge is 2.31. The number of amides is 1. The lowest BCUT2D eigenvalue weighted by Gasteiger charge is -2.36. The number of aliphatic carboxylic acids is 2. The van der Waals surface area contributed by atoms with E-state index in [2.05, 4.69) is 23.1 Å². The van der Waals surface area contributed by atoms with Crippen molar-refractivity contribution in [2.75, 3.05) is 19.6 Å². The van der Waals surface area contributed by atoms with Crippen LogP contribution in [0.5, 0.6) is 0 Å². The van der Waals surface area contributed by atoms with Crippen LogP contribution in [0.15, 0.2) is 48.5 Å². The van der Waals surface area contributed by atoms with Crippen LogP contribution >= 0.6 is 0 Å². The standard InChI is InChI=1S/C22H25N3O3.C2H2O4/c26-22(24-12-10-18-6-1-2-7-19(18)16-24)20-8-4-11-23(15-20)14-17-5-3-9-21(13-17)25(27)28;3-1(4)2(5)6/h1-3,5-7,9,13,20H,4,8,10-12,14-16H2;(H,3,4)(H,5,6). The molecule has 34 heavy (non-hydrogen) atoms. The van der Waals surface area contributed by atoms with Crippen molar-refractivity contribution in [1.29, 1.82) is 0 Å².